The van der Waals surface area contributed by atoms with E-state index >= 15 is 0 Å². The molecule has 0 saturated carbocycles. The number of rotatable bonds is 4. The fourth-order valence-corrected chi connectivity index (χ4v) is 1.11. The van der Waals surface area contributed by atoms with Crippen LogP contribution >= 0.6 is 0 Å². The van der Waals surface area contributed by atoms with Gasteiger partial charge in [0.25, 0.3) is 0 Å². The lowest BCUT2D eigenvalue weighted by molar-refractivity contribution is -0.122. The first kappa shape index (κ1) is 11.7. The van der Waals surface area contributed by atoms with E-state index in [1.165, 1.54) is 0 Å². The van der Waals surface area contributed by atoms with Gasteiger partial charge in [0, 0.05) is 25.4 Å². The molecule has 6 heteroatoms. The molecule has 0 saturated heterocycles. The number of nitrogens with zero attached hydrogens (tertiary/aromatic N) is 2. The summed E-state index contributed by atoms with van der Waals surface area (Å²) in [6.07, 6.45) is 2.66. The molecule has 15 heavy (non-hydrogen) atoms. The molecule has 1 unspecified atom stereocenters. The van der Waals surface area contributed by atoms with Crippen molar-refractivity contribution in [2.24, 2.45) is 12.8 Å². The Bertz CT molecular complexity index is 335. The van der Waals surface area contributed by atoms with E-state index in [0.29, 0.717) is 5.56 Å². The first-order chi connectivity index (χ1) is 7.00. The van der Waals surface area contributed by atoms with Crippen molar-refractivity contribution in [1.82, 2.24) is 15.1 Å². The number of carbonyl (C=O) groups excluding carboxylic acids is 1. The molecule has 0 spiro atoms. The first-order valence-corrected chi connectivity index (χ1v) is 4.70. The summed E-state index contributed by atoms with van der Waals surface area (Å²) in [5, 5.41) is 15.4. The molecule has 84 valence electrons. The summed E-state index contributed by atoms with van der Waals surface area (Å²) < 4.78 is 1.58. The van der Waals surface area contributed by atoms with Gasteiger partial charge >= 0.3 is 0 Å². The number of nitrogens with one attached hydrogen (secondary N) is 1. The van der Waals surface area contributed by atoms with Crippen LogP contribution in [0.4, 0.5) is 0 Å². The van der Waals surface area contributed by atoms with Crippen molar-refractivity contribution in [3.05, 3.63) is 18.0 Å². The summed E-state index contributed by atoms with van der Waals surface area (Å²) in [7, 11) is 1.75. The molecule has 4 N–H and O–H groups in total. The highest BCUT2D eigenvalue weighted by Gasteiger charge is 2.16. The highest BCUT2D eigenvalue weighted by atomic mass is 16.3. The molecule has 0 aromatic carbocycles. The molecule has 1 heterocycles. The Morgan fingerprint density at radius 2 is 2.47 bits per heavy atom. The Labute approximate surface area is 88.1 Å². The summed E-state index contributed by atoms with van der Waals surface area (Å²) in [5.41, 5.74) is 6.34. The molecule has 1 aromatic rings. The summed E-state index contributed by atoms with van der Waals surface area (Å²) in [6.45, 7) is 1.79. The molecule has 0 aliphatic rings. The molecule has 0 aliphatic carbocycles. The number of aromatic nitrogens is 2. The predicted molar refractivity (Wildman–Crippen MR) is 54.8 cm³/mol. The Morgan fingerprint density at radius 1 is 1.80 bits per heavy atom. The van der Waals surface area contributed by atoms with Crippen molar-refractivity contribution in [3.8, 4) is 0 Å². The van der Waals surface area contributed by atoms with E-state index < -0.39 is 12.1 Å². The lowest BCUT2D eigenvalue weighted by atomic mass is 10.1. The number of carbonyl (C=O) groups is 1. The van der Waals surface area contributed by atoms with Crippen LogP contribution in [0.3, 0.4) is 0 Å². The maximum atomic E-state index is 11.5. The second kappa shape index (κ2) is 4.90. The molecule has 0 bridgehead atoms. The van der Waals surface area contributed by atoms with Crippen LogP contribution in [0.2, 0.25) is 0 Å². The highest BCUT2D eigenvalue weighted by Crippen LogP contribution is 2.07. The third-order valence-corrected chi connectivity index (χ3v) is 1.94. The zero-order valence-electron chi connectivity index (χ0n) is 8.84. The normalized spacial score (nSPS) is 14.7. The van der Waals surface area contributed by atoms with Gasteiger partial charge in [-0.15, -0.1) is 0 Å². The van der Waals surface area contributed by atoms with Crippen molar-refractivity contribution >= 4 is 5.91 Å². The van der Waals surface area contributed by atoms with Crippen molar-refractivity contribution < 1.29 is 9.90 Å². The zero-order chi connectivity index (χ0) is 11.4. The molecule has 1 rings (SSSR count). The number of hydrogen-bond donors (Lipinski definition) is 3. The Balaban J connectivity index is 2.53. The van der Waals surface area contributed by atoms with Crippen LogP contribution < -0.4 is 11.1 Å². The molecule has 1 amide bonds. The smallest absolute Gasteiger partial charge is 0.241 e. The number of amides is 1. The lowest BCUT2D eigenvalue weighted by Crippen LogP contribution is -2.37. The minimum Gasteiger partial charge on any atom is -0.392 e. The molecule has 1 aromatic heterocycles. The van der Waals surface area contributed by atoms with Gasteiger partial charge in [-0.1, -0.05) is 0 Å². The molecular formula is C9H16N4O2. The van der Waals surface area contributed by atoms with Crippen molar-refractivity contribution in [2.45, 2.75) is 19.1 Å². The highest BCUT2D eigenvalue weighted by molar-refractivity contribution is 5.82. The standard InChI is InChI=1S/C9H16N4O2/c1-6(14)3-11-9(15)8(10)7-4-12-13(2)5-7/h4-6,8,14H,3,10H2,1-2H3,(H,11,15)/t6-,8?/m0/s1. The van der Waals surface area contributed by atoms with Gasteiger partial charge in [0.2, 0.25) is 5.91 Å². The van der Waals surface area contributed by atoms with Gasteiger partial charge in [0.15, 0.2) is 0 Å². The molecule has 6 nitrogen and oxygen atoms in total. The maximum Gasteiger partial charge on any atom is 0.241 e. The Kier molecular flexibility index (Phi) is 3.81. The number of aliphatic hydroxyl groups excluding tert-OH is 1. The van der Waals surface area contributed by atoms with E-state index in [-0.39, 0.29) is 12.5 Å². The van der Waals surface area contributed by atoms with Crippen LogP contribution in [-0.2, 0) is 11.8 Å². The van der Waals surface area contributed by atoms with Crippen LogP contribution in [0.15, 0.2) is 12.4 Å². The van der Waals surface area contributed by atoms with Gasteiger partial charge in [0.05, 0.1) is 12.3 Å². The first-order valence-electron chi connectivity index (χ1n) is 4.70. The average Bonchev–Trinajstić information content (AvgIpc) is 2.60. The van der Waals surface area contributed by atoms with E-state index in [0.717, 1.165) is 0 Å². The van der Waals surface area contributed by atoms with E-state index in [2.05, 4.69) is 10.4 Å². The van der Waals surface area contributed by atoms with Crippen LogP contribution in [0.1, 0.15) is 18.5 Å². The topological polar surface area (TPSA) is 93.2 Å². The molecule has 2 atom stereocenters. The van der Waals surface area contributed by atoms with E-state index in [4.69, 9.17) is 10.8 Å². The van der Waals surface area contributed by atoms with Gasteiger partial charge in [-0.3, -0.25) is 9.48 Å². The minimum atomic E-state index is -0.738. The third kappa shape index (κ3) is 3.34. The largest absolute Gasteiger partial charge is 0.392 e. The van der Waals surface area contributed by atoms with Crippen molar-refractivity contribution in [2.75, 3.05) is 6.54 Å². The lowest BCUT2D eigenvalue weighted by Gasteiger charge is -2.11. The van der Waals surface area contributed by atoms with Crippen LogP contribution in [0.25, 0.3) is 0 Å². The van der Waals surface area contributed by atoms with Gasteiger partial charge < -0.3 is 16.2 Å². The van der Waals surface area contributed by atoms with E-state index in [1.54, 1.807) is 31.0 Å². The SMILES string of the molecule is C[C@H](O)CNC(=O)C(N)c1cnn(C)c1. The average molecular weight is 212 g/mol. The third-order valence-electron chi connectivity index (χ3n) is 1.94. The van der Waals surface area contributed by atoms with E-state index in [9.17, 15) is 4.79 Å². The van der Waals surface area contributed by atoms with Crippen LogP contribution in [0, 0.1) is 0 Å². The summed E-state index contributed by atoms with van der Waals surface area (Å²) >= 11 is 0. The fourth-order valence-electron chi connectivity index (χ4n) is 1.11. The summed E-state index contributed by atoms with van der Waals surface area (Å²) in [4.78, 5) is 11.5. The second-order valence-corrected chi connectivity index (χ2v) is 3.52. The second-order valence-electron chi connectivity index (χ2n) is 3.52. The summed E-state index contributed by atoms with van der Waals surface area (Å²) in [6, 6.07) is -0.738. The molecule has 0 radical (unpaired) electrons. The fraction of sp³-hybridized carbons (Fsp3) is 0.556. The predicted octanol–water partition coefficient (Wildman–Crippen LogP) is -1.08. The molecule has 0 fully saturated rings. The van der Waals surface area contributed by atoms with Crippen molar-refractivity contribution in [3.63, 3.8) is 0 Å². The van der Waals surface area contributed by atoms with Gasteiger partial charge in [-0.2, -0.15) is 5.10 Å². The number of aryl methyl sites for hydroxylation is 1. The van der Waals surface area contributed by atoms with Crippen LogP contribution in [0.5, 0.6) is 0 Å². The number of hydrogen-bond acceptors (Lipinski definition) is 4. The monoisotopic (exact) mass is 212 g/mol. The Morgan fingerprint density at radius 3 is 2.93 bits per heavy atom. The van der Waals surface area contributed by atoms with E-state index in [1.807, 2.05) is 0 Å². The van der Waals surface area contributed by atoms with Gasteiger partial charge in [-0.05, 0) is 6.92 Å². The molecule has 0 aliphatic heterocycles. The van der Waals surface area contributed by atoms with Gasteiger partial charge in [0.1, 0.15) is 6.04 Å². The quantitative estimate of drug-likeness (QED) is 0.591. The van der Waals surface area contributed by atoms with Gasteiger partial charge in [-0.25, -0.2) is 0 Å². The minimum absolute atomic E-state index is 0.201. The zero-order valence-corrected chi connectivity index (χ0v) is 8.84. The Hall–Kier alpha value is -1.40. The van der Waals surface area contributed by atoms with Crippen LogP contribution in [-0.4, -0.2) is 33.4 Å². The maximum absolute atomic E-state index is 11.5. The number of nitrogens with two attached hydrogens (primary N) is 1. The summed E-state index contributed by atoms with van der Waals surface area (Å²) in [5.74, 6) is -0.316. The molecular weight excluding hydrogens is 196 g/mol. The number of aliphatic hydroxyl groups is 1. The van der Waals surface area contributed by atoms with Crippen molar-refractivity contribution in [1.29, 1.82) is 0 Å².